The van der Waals surface area contributed by atoms with Gasteiger partial charge in [0.25, 0.3) is 5.56 Å². The van der Waals surface area contributed by atoms with Gasteiger partial charge in [-0.25, -0.2) is 13.2 Å². The highest BCUT2D eigenvalue weighted by molar-refractivity contribution is 7.91. The van der Waals surface area contributed by atoms with Crippen LogP contribution in [0.5, 0.6) is 11.5 Å². The molecule has 3 aromatic rings. The second kappa shape index (κ2) is 11.9. The summed E-state index contributed by atoms with van der Waals surface area (Å²) < 4.78 is 79.7. The Morgan fingerprint density at radius 1 is 1.07 bits per heavy atom. The van der Waals surface area contributed by atoms with E-state index in [2.05, 4.69) is 5.32 Å². The molecule has 1 saturated heterocycles. The highest BCUT2D eigenvalue weighted by Crippen LogP contribution is 2.35. The van der Waals surface area contributed by atoms with E-state index >= 15 is 0 Å². The summed E-state index contributed by atoms with van der Waals surface area (Å²) in [5.74, 6) is -0.220. The molecule has 1 aromatic heterocycles. The van der Waals surface area contributed by atoms with Gasteiger partial charge in [-0.1, -0.05) is 6.92 Å². The average molecular weight is 599 g/mol. The third kappa shape index (κ3) is 6.14. The van der Waals surface area contributed by atoms with Crippen molar-refractivity contribution in [2.75, 3.05) is 40.1 Å². The van der Waals surface area contributed by atoms with Crippen LogP contribution in [-0.4, -0.2) is 68.6 Å². The Kier molecular flexibility index (Phi) is 8.85. The highest BCUT2D eigenvalue weighted by Gasteiger charge is 2.33. The van der Waals surface area contributed by atoms with E-state index in [9.17, 15) is 31.2 Å². The monoisotopic (exact) mass is 598 g/mol. The predicted octanol–water partition coefficient (Wildman–Crippen LogP) is 2.68. The van der Waals surface area contributed by atoms with E-state index in [1.165, 1.54) is 43.9 Å². The van der Waals surface area contributed by atoms with Gasteiger partial charge >= 0.3 is 11.9 Å². The third-order valence-electron chi connectivity index (χ3n) is 7.40. The molecular formula is C27H33F3N4O6S. The Balaban J connectivity index is 2.01. The lowest BCUT2D eigenvalue weighted by molar-refractivity contribution is -0.137. The number of hydrogen-bond donors (Lipinski definition) is 1. The van der Waals surface area contributed by atoms with E-state index < -0.39 is 39.4 Å². The smallest absolute Gasteiger partial charge is 0.416 e. The van der Waals surface area contributed by atoms with Gasteiger partial charge in [0.05, 0.1) is 49.0 Å². The van der Waals surface area contributed by atoms with E-state index in [4.69, 9.17) is 9.47 Å². The van der Waals surface area contributed by atoms with E-state index in [0.29, 0.717) is 19.2 Å². The summed E-state index contributed by atoms with van der Waals surface area (Å²) in [7, 11) is 0.594. The van der Waals surface area contributed by atoms with Gasteiger partial charge in [0.2, 0.25) is 0 Å². The molecule has 2 aromatic carbocycles. The molecule has 0 radical (unpaired) electrons. The lowest BCUT2D eigenvalue weighted by Crippen LogP contribution is -2.48. The van der Waals surface area contributed by atoms with E-state index in [0.717, 1.165) is 23.5 Å². The van der Waals surface area contributed by atoms with Crippen molar-refractivity contribution in [3.8, 4) is 11.5 Å². The van der Waals surface area contributed by atoms with Crippen molar-refractivity contribution in [2.45, 2.75) is 50.1 Å². The number of ether oxygens (including phenoxy) is 2. The minimum absolute atomic E-state index is 0.0201. The number of likely N-dealkylation sites (N-methyl/N-ethyl adjacent to an activating group) is 1. The molecule has 1 aliphatic heterocycles. The maximum Gasteiger partial charge on any atom is 0.416 e. The number of rotatable bonds is 9. The van der Waals surface area contributed by atoms with Gasteiger partial charge in [0.15, 0.2) is 9.84 Å². The fourth-order valence-corrected chi connectivity index (χ4v) is 6.28. The summed E-state index contributed by atoms with van der Waals surface area (Å²) in [4.78, 5) is 29.6. The maximum absolute atomic E-state index is 14.0. The summed E-state index contributed by atoms with van der Waals surface area (Å²) >= 11 is 0. The number of piperidine rings is 1. The first kappa shape index (κ1) is 30.6. The largest absolute Gasteiger partial charge is 0.497 e. The van der Waals surface area contributed by atoms with Crippen LogP contribution in [0.2, 0.25) is 0 Å². The lowest BCUT2D eigenvalue weighted by atomic mass is 10.1. The van der Waals surface area contributed by atoms with Gasteiger partial charge in [-0.15, -0.1) is 0 Å². The maximum atomic E-state index is 14.0. The normalized spacial score (nSPS) is 16.7. The molecule has 0 spiro atoms. The van der Waals surface area contributed by atoms with E-state index in [1.807, 2.05) is 11.9 Å². The number of halogens is 3. The second-order valence-electron chi connectivity index (χ2n) is 9.90. The van der Waals surface area contributed by atoms with Crippen LogP contribution in [0.25, 0.3) is 10.9 Å². The summed E-state index contributed by atoms with van der Waals surface area (Å²) in [6.07, 6.45) is -3.04. The molecule has 1 N–H and O–H groups in total. The molecule has 0 unspecified atom stereocenters. The number of benzene rings is 2. The number of nitrogens with zero attached hydrogens (tertiary/aromatic N) is 3. The number of likely N-dealkylation sites (tertiary alicyclic amines) is 1. The van der Waals surface area contributed by atoms with Gasteiger partial charge in [-0.3, -0.25) is 18.8 Å². The quantitative estimate of drug-likeness (QED) is 0.400. The Hall–Kier alpha value is -3.36. The van der Waals surface area contributed by atoms with Crippen molar-refractivity contribution in [1.29, 1.82) is 0 Å². The Morgan fingerprint density at radius 3 is 2.41 bits per heavy atom. The molecule has 2 heterocycles. The molecule has 14 heteroatoms. The lowest BCUT2D eigenvalue weighted by Gasteiger charge is -2.33. The first-order valence-electron chi connectivity index (χ1n) is 13.1. The van der Waals surface area contributed by atoms with Crippen molar-refractivity contribution >= 4 is 20.7 Å². The minimum Gasteiger partial charge on any atom is -0.497 e. The second-order valence-corrected chi connectivity index (χ2v) is 12.1. The number of methoxy groups -OCH3 is 2. The molecule has 0 aliphatic carbocycles. The number of hydrogen-bond acceptors (Lipinski definition) is 8. The van der Waals surface area contributed by atoms with Crippen molar-refractivity contribution in [2.24, 2.45) is 0 Å². The zero-order chi connectivity index (χ0) is 30.1. The SMILES string of the molecule is CCS(=O)(=O)c1ccc(OC)cc1Cn1c(=O)c2cc(C(F)(F)F)cc(OC)c2n(CN2CCC[C@H](NC)C2)c1=O. The number of sulfone groups is 1. The molecule has 1 fully saturated rings. The van der Waals surface area contributed by atoms with Crippen LogP contribution >= 0.6 is 0 Å². The molecule has 1 aliphatic rings. The van der Waals surface area contributed by atoms with Crippen LogP contribution in [0.1, 0.15) is 30.9 Å². The van der Waals surface area contributed by atoms with Gasteiger partial charge < -0.3 is 14.8 Å². The molecule has 41 heavy (non-hydrogen) atoms. The van der Waals surface area contributed by atoms with Crippen molar-refractivity contribution in [3.63, 3.8) is 0 Å². The van der Waals surface area contributed by atoms with Crippen LogP contribution in [0.3, 0.4) is 0 Å². The Labute approximate surface area is 235 Å². The number of fused-ring (bicyclic) bond motifs is 1. The fraction of sp³-hybridized carbons (Fsp3) is 0.481. The number of aromatic nitrogens is 2. The number of nitrogens with one attached hydrogen (secondary N) is 1. The number of alkyl halides is 3. The van der Waals surface area contributed by atoms with Crippen LogP contribution in [0, 0.1) is 0 Å². The van der Waals surface area contributed by atoms with E-state index in [1.54, 1.807) is 0 Å². The molecule has 1 atom stereocenters. The zero-order valence-electron chi connectivity index (χ0n) is 23.2. The van der Waals surface area contributed by atoms with Gasteiger partial charge in [0.1, 0.15) is 17.0 Å². The van der Waals surface area contributed by atoms with Crippen LogP contribution in [0.4, 0.5) is 13.2 Å². The van der Waals surface area contributed by atoms with E-state index in [-0.39, 0.29) is 51.3 Å². The van der Waals surface area contributed by atoms with Gasteiger partial charge in [-0.2, -0.15) is 13.2 Å². The van der Waals surface area contributed by atoms with Crippen LogP contribution in [0.15, 0.2) is 44.8 Å². The molecule has 0 amide bonds. The topological polar surface area (TPSA) is 112 Å². The molecular weight excluding hydrogens is 565 g/mol. The highest BCUT2D eigenvalue weighted by atomic mass is 32.2. The Morgan fingerprint density at radius 2 is 1.80 bits per heavy atom. The summed E-state index contributed by atoms with van der Waals surface area (Å²) in [6.45, 7) is 2.13. The summed E-state index contributed by atoms with van der Waals surface area (Å²) in [6, 6.07) is 5.79. The molecule has 0 bridgehead atoms. The zero-order valence-corrected chi connectivity index (χ0v) is 24.1. The van der Waals surface area contributed by atoms with Crippen LogP contribution in [-0.2, 0) is 29.2 Å². The van der Waals surface area contributed by atoms with Crippen molar-refractivity contribution in [1.82, 2.24) is 19.4 Å². The van der Waals surface area contributed by atoms with Gasteiger partial charge in [-0.05, 0) is 62.3 Å². The summed E-state index contributed by atoms with van der Waals surface area (Å²) in [5.41, 5.74) is -2.89. The van der Waals surface area contributed by atoms with Gasteiger partial charge in [0, 0.05) is 12.6 Å². The minimum atomic E-state index is -4.79. The Bertz CT molecular complexity index is 1670. The fourth-order valence-electron chi connectivity index (χ4n) is 5.17. The average Bonchev–Trinajstić information content (AvgIpc) is 2.96. The van der Waals surface area contributed by atoms with Crippen LogP contribution < -0.4 is 26.0 Å². The molecule has 10 nitrogen and oxygen atoms in total. The van der Waals surface area contributed by atoms with Crippen molar-refractivity contribution < 1.29 is 31.1 Å². The summed E-state index contributed by atoms with van der Waals surface area (Å²) in [5, 5.41) is 2.83. The first-order valence-corrected chi connectivity index (χ1v) is 14.7. The van der Waals surface area contributed by atoms with Crippen molar-refractivity contribution in [3.05, 3.63) is 62.3 Å². The standard InChI is InChI=1S/C27H33F3N4O6S/c1-5-41(37,38)23-9-8-20(39-3)11-17(23)14-33-25(35)21-12-18(27(28,29)30)13-22(40-4)24(21)34(26(33)36)16-32-10-6-7-19(15-32)31-2/h8-9,11-13,19,31H,5-7,10,14-16H2,1-4H3/t19-/m0/s1. The molecule has 4 rings (SSSR count). The first-order chi connectivity index (χ1) is 19.3. The predicted molar refractivity (Wildman–Crippen MR) is 147 cm³/mol. The third-order valence-corrected chi connectivity index (χ3v) is 9.22. The molecule has 0 saturated carbocycles. The molecule has 224 valence electrons.